The summed E-state index contributed by atoms with van der Waals surface area (Å²) in [6.07, 6.45) is 6.75. The van der Waals surface area contributed by atoms with Crippen LogP contribution in [-0.4, -0.2) is 4.98 Å². The third-order valence-electron chi connectivity index (χ3n) is 5.19. The van der Waals surface area contributed by atoms with Crippen molar-refractivity contribution in [3.63, 3.8) is 0 Å². The minimum atomic E-state index is -1.53. The van der Waals surface area contributed by atoms with Gasteiger partial charge >= 0.3 is 0 Å². The molecule has 0 unspecified atom stereocenters. The summed E-state index contributed by atoms with van der Waals surface area (Å²) < 4.78 is 54.5. The molecule has 0 saturated heterocycles. The molecule has 1 nitrogen and oxygen atoms in total. The predicted molar refractivity (Wildman–Crippen MR) is 89.1 cm³/mol. The average molecular weight is 351 g/mol. The van der Waals surface area contributed by atoms with E-state index in [9.17, 15) is 17.6 Å². The third-order valence-corrected chi connectivity index (χ3v) is 5.19. The van der Waals surface area contributed by atoms with Crippen molar-refractivity contribution in [2.24, 2.45) is 5.92 Å². The first-order chi connectivity index (χ1) is 12.0. The van der Waals surface area contributed by atoms with Crippen molar-refractivity contribution in [1.82, 2.24) is 4.98 Å². The van der Waals surface area contributed by atoms with Gasteiger partial charge in [-0.25, -0.2) is 8.78 Å². The molecule has 0 spiro atoms. The highest BCUT2D eigenvalue weighted by Crippen LogP contribution is 2.38. The van der Waals surface area contributed by atoms with Crippen molar-refractivity contribution in [3.8, 4) is 11.1 Å². The van der Waals surface area contributed by atoms with Crippen molar-refractivity contribution in [2.45, 2.75) is 51.4 Å². The van der Waals surface area contributed by atoms with E-state index in [0.29, 0.717) is 12.0 Å². The van der Waals surface area contributed by atoms with Crippen LogP contribution in [-0.2, 0) is 0 Å². The van der Waals surface area contributed by atoms with Crippen LogP contribution in [0, 0.1) is 29.4 Å². The molecule has 0 radical (unpaired) electrons. The maximum Gasteiger partial charge on any atom is 0.251 e. The van der Waals surface area contributed by atoms with Gasteiger partial charge in [0, 0.05) is 11.1 Å². The predicted octanol–water partition coefficient (Wildman–Crippen LogP) is 6.38. The lowest BCUT2D eigenvalue weighted by atomic mass is 9.77. The second-order valence-corrected chi connectivity index (χ2v) is 6.84. The lowest BCUT2D eigenvalue weighted by molar-refractivity contribution is 0.308. The normalized spacial score (nSPS) is 20.7. The van der Waals surface area contributed by atoms with Crippen LogP contribution in [0.25, 0.3) is 11.1 Å². The molecule has 1 aliphatic rings. The van der Waals surface area contributed by atoms with E-state index < -0.39 is 23.5 Å². The first-order valence-electron chi connectivity index (χ1n) is 8.81. The van der Waals surface area contributed by atoms with Gasteiger partial charge in [-0.05, 0) is 55.2 Å². The van der Waals surface area contributed by atoms with E-state index in [-0.39, 0.29) is 11.1 Å². The van der Waals surface area contributed by atoms with Crippen LogP contribution in [0.1, 0.15) is 56.9 Å². The zero-order valence-electron chi connectivity index (χ0n) is 14.2. The molecule has 1 heterocycles. The van der Waals surface area contributed by atoms with Gasteiger partial charge < -0.3 is 0 Å². The summed E-state index contributed by atoms with van der Waals surface area (Å²) in [7, 11) is 0. The van der Waals surface area contributed by atoms with Crippen molar-refractivity contribution in [1.29, 1.82) is 0 Å². The number of aromatic nitrogens is 1. The molecule has 0 atom stereocenters. The summed E-state index contributed by atoms with van der Waals surface area (Å²) in [5, 5.41) is 0. The Morgan fingerprint density at radius 1 is 0.880 bits per heavy atom. The smallest absolute Gasteiger partial charge is 0.206 e. The van der Waals surface area contributed by atoms with E-state index in [1.807, 2.05) is 0 Å². The summed E-state index contributed by atoms with van der Waals surface area (Å²) in [6.45, 7) is 2.19. The van der Waals surface area contributed by atoms with Crippen LogP contribution < -0.4 is 0 Å². The molecular weight excluding hydrogens is 330 g/mol. The standard InChI is InChI=1S/C20H21F4N/c1-2-3-12-4-6-13(7-5-12)14-8-9-15(17(21)10-14)16-11-18(22)20(24)25-19(16)23/h8-13H,2-7H2,1H3/t12-,13-. The number of halogens is 4. The summed E-state index contributed by atoms with van der Waals surface area (Å²) in [6, 6.07) is 5.22. The Labute approximate surface area is 145 Å². The van der Waals surface area contributed by atoms with Gasteiger partial charge in [0.25, 0.3) is 5.95 Å². The van der Waals surface area contributed by atoms with E-state index in [4.69, 9.17) is 0 Å². The van der Waals surface area contributed by atoms with E-state index in [1.54, 1.807) is 6.07 Å². The Balaban J connectivity index is 1.81. The van der Waals surface area contributed by atoms with Gasteiger partial charge in [-0.2, -0.15) is 13.8 Å². The SMILES string of the molecule is CCC[C@H]1CC[C@H](c2ccc(-c3cc(F)c(F)nc3F)c(F)c2)CC1. The minimum absolute atomic E-state index is 0.104. The Bertz CT molecular complexity index is 752. The molecular formula is C20H21F4N. The van der Waals surface area contributed by atoms with Crippen LogP contribution in [0.15, 0.2) is 24.3 Å². The van der Waals surface area contributed by atoms with E-state index in [0.717, 1.165) is 37.2 Å². The highest BCUT2D eigenvalue weighted by atomic mass is 19.2. The quantitative estimate of drug-likeness (QED) is 0.460. The number of pyridine rings is 1. The third kappa shape index (κ3) is 3.86. The first kappa shape index (κ1) is 17.9. The van der Waals surface area contributed by atoms with Crippen LogP contribution in [0.2, 0.25) is 0 Å². The average Bonchev–Trinajstić information content (AvgIpc) is 2.59. The van der Waals surface area contributed by atoms with E-state index in [1.165, 1.54) is 25.0 Å². The molecule has 1 aromatic carbocycles. The molecule has 0 aliphatic heterocycles. The van der Waals surface area contributed by atoms with Gasteiger partial charge in [-0.15, -0.1) is 0 Å². The van der Waals surface area contributed by atoms with Crippen LogP contribution in [0.4, 0.5) is 17.6 Å². The Kier molecular flexibility index (Phi) is 5.40. The molecule has 134 valence electrons. The fourth-order valence-electron chi connectivity index (χ4n) is 3.83. The lowest BCUT2D eigenvalue weighted by Gasteiger charge is -2.28. The van der Waals surface area contributed by atoms with Gasteiger partial charge in [-0.1, -0.05) is 31.9 Å². The minimum Gasteiger partial charge on any atom is -0.206 e. The molecule has 2 aromatic rings. The molecule has 5 heteroatoms. The van der Waals surface area contributed by atoms with Gasteiger partial charge in [0.1, 0.15) is 5.82 Å². The maximum absolute atomic E-state index is 14.5. The number of hydrogen-bond acceptors (Lipinski definition) is 1. The second kappa shape index (κ2) is 7.54. The fourth-order valence-corrected chi connectivity index (χ4v) is 3.83. The molecule has 0 bridgehead atoms. The van der Waals surface area contributed by atoms with E-state index in [2.05, 4.69) is 11.9 Å². The van der Waals surface area contributed by atoms with Crippen molar-refractivity contribution < 1.29 is 17.6 Å². The van der Waals surface area contributed by atoms with Gasteiger partial charge in [0.05, 0.1) is 0 Å². The summed E-state index contributed by atoms with van der Waals surface area (Å²) in [5.74, 6) is -3.63. The molecule has 3 rings (SSSR count). The van der Waals surface area contributed by atoms with Crippen LogP contribution >= 0.6 is 0 Å². The topological polar surface area (TPSA) is 12.9 Å². The molecule has 1 fully saturated rings. The van der Waals surface area contributed by atoms with Gasteiger partial charge in [0.15, 0.2) is 5.82 Å². The first-order valence-corrected chi connectivity index (χ1v) is 8.81. The number of benzene rings is 1. The Morgan fingerprint density at radius 3 is 2.24 bits per heavy atom. The molecule has 1 aliphatic carbocycles. The zero-order valence-corrected chi connectivity index (χ0v) is 14.2. The number of hydrogen-bond donors (Lipinski definition) is 0. The monoisotopic (exact) mass is 351 g/mol. The molecule has 1 saturated carbocycles. The maximum atomic E-state index is 14.5. The molecule has 0 N–H and O–H groups in total. The summed E-state index contributed by atoms with van der Waals surface area (Å²) in [4.78, 5) is 2.85. The fraction of sp³-hybridized carbons (Fsp3) is 0.450. The molecule has 1 aromatic heterocycles. The van der Waals surface area contributed by atoms with Gasteiger partial charge in [0.2, 0.25) is 5.95 Å². The summed E-state index contributed by atoms with van der Waals surface area (Å²) >= 11 is 0. The highest BCUT2D eigenvalue weighted by Gasteiger charge is 2.23. The molecule has 25 heavy (non-hydrogen) atoms. The zero-order chi connectivity index (χ0) is 18.0. The lowest BCUT2D eigenvalue weighted by Crippen LogP contribution is -2.13. The number of nitrogens with zero attached hydrogens (tertiary/aromatic N) is 1. The molecule has 0 amide bonds. The summed E-state index contributed by atoms with van der Waals surface area (Å²) in [5.41, 5.74) is 0.411. The van der Waals surface area contributed by atoms with Crippen molar-refractivity contribution in [3.05, 3.63) is 53.4 Å². The highest BCUT2D eigenvalue weighted by molar-refractivity contribution is 5.64. The van der Waals surface area contributed by atoms with Crippen molar-refractivity contribution >= 4 is 0 Å². The Hall–Kier alpha value is -1.91. The van der Waals surface area contributed by atoms with Gasteiger partial charge in [-0.3, -0.25) is 0 Å². The second-order valence-electron chi connectivity index (χ2n) is 6.84. The Morgan fingerprint density at radius 2 is 1.60 bits per heavy atom. The number of rotatable bonds is 4. The largest absolute Gasteiger partial charge is 0.251 e. The van der Waals surface area contributed by atoms with Crippen molar-refractivity contribution in [2.75, 3.05) is 0 Å². The van der Waals surface area contributed by atoms with E-state index >= 15 is 0 Å². The van der Waals surface area contributed by atoms with Crippen LogP contribution in [0.5, 0.6) is 0 Å². The van der Waals surface area contributed by atoms with Crippen LogP contribution in [0.3, 0.4) is 0 Å².